The number of ether oxygens (including phenoxy) is 2. The van der Waals surface area contributed by atoms with Crippen LogP contribution in [0.25, 0.3) is 0 Å². The minimum Gasteiger partial charge on any atom is -0.486 e. The van der Waals surface area contributed by atoms with E-state index >= 15 is 0 Å². The van der Waals surface area contributed by atoms with E-state index in [1.165, 1.54) is 12.1 Å². The van der Waals surface area contributed by atoms with Crippen LogP contribution in [0, 0.1) is 0 Å². The van der Waals surface area contributed by atoms with Crippen LogP contribution in [-0.2, 0) is 10.5 Å². The maximum Gasteiger partial charge on any atom is 0.345 e. The minimum absolute atomic E-state index is 0.00153. The Morgan fingerprint density at radius 1 is 1.41 bits per heavy atom. The standard InChI is InChI=1S/C11H10ClFO4/c1-11(13,10(14)15)6-4-8-9(5-7(6)12)17-3-2-16-8/h4-5H,2-3H2,1H3,(H,14,15). The molecule has 1 aliphatic heterocycles. The van der Waals surface area contributed by atoms with Crippen LogP contribution in [0.15, 0.2) is 12.1 Å². The van der Waals surface area contributed by atoms with E-state index in [2.05, 4.69) is 0 Å². The van der Waals surface area contributed by atoms with Gasteiger partial charge >= 0.3 is 5.97 Å². The number of carboxylic acid groups (broad SMARTS) is 1. The molecule has 0 spiro atoms. The van der Waals surface area contributed by atoms with E-state index in [0.29, 0.717) is 24.7 Å². The second kappa shape index (κ2) is 4.07. The fourth-order valence-electron chi connectivity index (χ4n) is 1.54. The van der Waals surface area contributed by atoms with Gasteiger partial charge in [0.25, 0.3) is 0 Å². The predicted molar refractivity (Wildman–Crippen MR) is 58.5 cm³/mol. The van der Waals surface area contributed by atoms with Crippen LogP contribution in [0.1, 0.15) is 12.5 Å². The van der Waals surface area contributed by atoms with E-state index < -0.39 is 11.6 Å². The summed E-state index contributed by atoms with van der Waals surface area (Å²) in [5, 5.41) is 8.82. The van der Waals surface area contributed by atoms with Gasteiger partial charge in [-0.1, -0.05) is 11.6 Å². The number of benzene rings is 1. The van der Waals surface area contributed by atoms with Crippen LogP contribution in [0.3, 0.4) is 0 Å². The van der Waals surface area contributed by atoms with Crippen molar-refractivity contribution in [2.45, 2.75) is 12.6 Å². The lowest BCUT2D eigenvalue weighted by Crippen LogP contribution is -2.27. The number of alkyl halides is 1. The third kappa shape index (κ3) is 2.02. The van der Waals surface area contributed by atoms with Gasteiger partial charge in [-0.25, -0.2) is 9.18 Å². The zero-order chi connectivity index (χ0) is 12.6. The van der Waals surface area contributed by atoms with Crippen LogP contribution in [0.4, 0.5) is 4.39 Å². The molecule has 4 nitrogen and oxygen atoms in total. The molecule has 92 valence electrons. The topological polar surface area (TPSA) is 55.8 Å². The summed E-state index contributed by atoms with van der Waals surface area (Å²) in [5.74, 6) is -0.900. The number of halogens is 2. The second-order valence-corrected chi connectivity index (χ2v) is 4.19. The second-order valence-electron chi connectivity index (χ2n) is 3.78. The highest BCUT2D eigenvalue weighted by molar-refractivity contribution is 6.32. The van der Waals surface area contributed by atoms with Gasteiger partial charge in [-0.3, -0.25) is 0 Å². The molecule has 0 radical (unpaired) electrons. The van der Waals surface area contributed by atoms with E-state index in [0.717, 1.165) is 6.92 Å². The fourth-order valence-corrected chi connectivity index (χ4v) is 1.87. The summed E-state index contributed by atoms with van der Waals surface area (Å²) in [6.07, 6.45) is 0. The van der Waals surface area contributed by atoms with Gasteiger partial charge < -0.3 is 14.6 Å². The predicted octanol–water partition coefficient (Wildman–Crippen LogP) is 2.38. The molecular weight excluding hydrogens is 251 g/mol. The first kappa shape index (κ1) is 12.0. The highest BCUT2D eigenvalue weighted by atomic mass is 35.5. The van der Waals surface area contributed by atoms with E-state index in [1.54, 1.807) is 0 Å². The molecule has 1 aromatic rings. The number of hydrogen-bond donors (Lipinski definition) is 1. The average Bonchev–Trinajstić information content (AvgIpc) is 2.27. The summed E-state index contributed by atoms with van der Waals surface area (Å²) >= 11 is 5.85. The van der Waals surface area contributed by atoms with Crippen LogP contribution in [0.2, 0.25) is 5.02 Å². The molecule has 2 rings (SSSR count). The van der Waals surface area contributed by atoms with Crippen molar-refractivity contribution in [3.63, 3.8) is 0 Å². The molecular formula is C11H10ClFO4. The van der Waals surface area contributed by atoms with Gasteiger partial charge in [-0.2, -0.15) is 0 Å². The third-order valence-corrected chi connectivity index (χ3v) is 2.85. The molecule has 0 fully saturated rings. The lowest BCUT2D eigenvalue weighted by Gasteiger charge is -2.23. The summed E-state index contributed by atoms with van der Waals surface area (Å²) in [4.78, 5) is 10.8. The molecule has 0 amide bonds. The van der Waals surface area contributed by atoms with Gasteiger partial charge in [-0.15, -0.1) is 0 Å². The van der Waals surface area contributed by atoms with Crippen LogP contribution in [-0.4, -0.2) is 24.3 Å². The Balaban J connectivity index is 2.52. The first-order valence-electron chi connectivity index (χ1n) is 4.95. The van der Waals surface area contributed by atoms with E-state index in [-0.39, 0.29) is 10.6 Å². The van der Waals surface area contributed by atoms with Crippen LogP contribution < -0.4 is 9.47 Å². The third-order valence-electron chi connectivity index (χ3n) is 2.54. The van der Waals surface area contributed by atoms with Crippen molar-refractivity contribution in [2.75, 3.05) is 13.2 Å². The Morgan fingerprint density at radius 3 is 2.47 bits per heavy atom. The number of rotatable bonds is 2. The maximum atomic E-state index is 14.0. The largest absolute Gasteiger partial charge is 0.486 e. The molecule has 1 atom stereocenters. The quantitative estimate of drug-likeness (QED) is 0.887. The monoisotopic (exact) mass is 260 g/mol. The first-order chi connectivity index (χ1) is 7.93. The van der Waals surface area contributed by atoms with Crippen molar-refractivity contribution in [1.82, 2.24) is 0 Å². The van der Waals surface area contributed by atoms with E-state index in [1.807, 2.05) is 0 Å². The van der Waals surface area contributed by atoms with Crippen molar-refractivity contribution in [3.05, 3.63) is 22.7 Å². The number of hydrogen-bond acceptors (Lipinski definition) is 3. The van der Waals surface area contributed by atoms with Crippen LogP contribution >= 0.6 is 11.6 Å². The molecule has 17 heavy (non-hydrogen) atoms. The molecule has 1 aromatic carbocycles. The Hall–Kier alpha value is -1.49. The highest BCUT2D eigenvalue weighted by Gasteiger charge is 2.38. The summed E-state index contributed by atoms with van der Waals surface area (Å²) in [5.41, 5.74) is -2.71. The Bertz CT molecular complexity index is 473. The molecule has 0 saturated heterocycles. The van der Waals surface area contributed by atoms with Gasteiger partial charge in [-0.05, 0) is 13.0 Å². The molecule has 0 aromatic heterocycles. The molecule has 1 heterocycles. The highest BCUT2D eigenvalue weighted by Crippen LogP contribution is 2.40. The van der Waals surface area contributed by atoms with Crippen molar-refractivity contribution in [1.29, 1.82) is 0 Å². The summed E-state index contributed by atoms with van der Waals surface area (Å²) in [7, 11) is 0. The van der Waals surface area contributed by atoms with Gasteiger partial charge in [0, 0.05) is 11.6 Å². The molecule has 0 aliphatic carbocycles. The Labute approximate surface area is 102 Å². The molecule has 6 heteroatoms. The van der Waals surface area contributed by atoms with E-state index in [9.17, 15) is 9.18 Å². The summed E-state index contributed by atoms with van der Waals surface area (Å²) in [6, 6.07) is 2.64. The summed E-state index contributed by atoms with van der Waals surface area (Å²) < 4.78 is 24.5. The number of fused-ring (bicyclic) bond motifs is 1. The molecule has 1 aliphatic rings. The van der Waals surface area contributed by atoms with Crippen molar-refractivity contribution in [3.8, 4) is 11.5 Å². The van der Waals surface area contributed by atoms with Crippen molar-refractivity contribution >= 4 is 17.6 Å². The molecule has 0 saturated carbocycles. The first-order valence-corrected chi connectivity index (χ1v) is 5.32. The number of carboxylic acids is 1. The Kier molecular flexibility index (Phi) is 2.87. The zero-order valence-electron chi connectivity index (χ0n) is 9.00. The average molecular weight is 261 g/mol. The lowest BCUT2D eigenvalue weighted by atomic mass is 9.97. The van der Waals surface area contributed by atoms with Gasteiger partial charge in [0.05, 0.1) is 5.02 Å². The van der Waals surface area contributed by atoms with Crippen molar-refractivity contribution in [2.24, 2.45) is 0 Å². The summed E-state index contributed by atoms with van der Waals surface area (Å²) in [6.45, 7) is 1.66. The fraction of sp³-hybridized carbons (Fsp3) is 0.364. The van der Waals surface area contributed by atoms with Crippen LogP contribution in [0.5, 0.6) is 11.5 Å². The SMILES string of the molecule is CC(F)(C(=O)O)c1cc2c(cc1Cl)OCCO2. The molecule has 0 bridgehead atoms. The van der Waals surface area contributed by atoms with E-state index in [4.69, 9.17) is 26.2 Å². The number of aliphatic carboxylic acids is 1. The smallest absolute Gasteiger partial charge is 0.345 e. The van der Waals surface area contributed by atoms with Gasteiger partial charge in [0.2, 0.25) is 5.67 Å². The van der Waals surface area contributed by atoms with Gasteiger partial charge in [0.15, 0.2) is 11.5 Å². The minimum atomic E-state index is -2.56. The normalized spacial score (nSPS) is 17.4. The Morgan fingerprint density at radius 2 is 1.94 bits per heavy atom. The van der Waals surface area contributed by atoms with Crippen molar-refractivity contribution < 1.29 is 23.8 Å². The number of carbonyl (C=O) groups is 1. The molecule has 1 N–H and O–H groups in total. The maximum absolute atomic E-state index is 14.0. The zero-order valence-corrected chi connectivity index (χ0v) is 9.75. The lowest BCUT2D eigenvalue weighted by molar-refractivity contribution is -0.150. The van der Waals surface area contributed by atoms with Gasteiger partial charge in [0.1, 0.15) is 13.2 Å². The molecule has 1 unspecified atom stereocenters.